The molecule has 5 rings (SSSR count). The Bertz CT molecular complexity index is 1400. The van der Waals surface area contributed by atoms with E-state index >= 15 is 0 Å². The molecule has 1 saturated heterocycles. The summed E-state index contributed by atoms with van der Waals surface area (Å²) < 4.78 is 31.8. The molecule has 1 N–H and O–H groups in total. The van der Waals surface area contributed by atoms with Gasteiger partial charge in [-0.1, -0.05) is 13.5 Å². The second kappa shape index (κ2) is 8.20. The van der Waals surface area contributed by atoms with Gasteiger partial charge in [-0.3, -0.25) is 18.7 Å². The second-order valence-corrected chi connectivity index (χ2v) is 11.5. The maximum atomic E-state index is 13.6. The molecule has 1 aliphatic heterocycles. The Morgan fingerprint density at radius 1 is 1.24 bits per heavy atom. The third-order valence-corrected chi connectivity index (χ3v) is 9.07. The smallest absolute Gasteiger partial charge is 0.331 e. The number of likely N-dealkylation sites (tertiary alicyclic amines) is 1. The molecule has 0 spiro atoms. The number of carbonyl (C=O) groups excluding carboxylic acids is 1. The molecule has 10 heteroatoms. The van der Waals surface area contributed by atoms with Crippen molar-refractivity contribution in [3.63, 3.8) is 0 Å². The van der Waals surface area contributed by atoms with Crippen LogP contribution < -0.4 is 16.0 Å². The van der Waals surface area contributed by atoms with Gasteiger partial charge in [-0.05, 0) is 68.7 Å². The molecular formula is C24H30N4O5S. The number of aromatic nitrogens is 2. The van der Waals surface area contributed by atoms with Gasteiger partial charge in [0.2, 0.25) is 15.9 Å². The molecule has 2 aliphatic carbocycles. The number of rotatable bonds is 8. The summed E-state index contributed by atoms with van der Waals surface area (Å²) in [5, 5.41) is 0.206. The highest BCUT2D eigenvalue weighted by Crippen LogP contribution is 2.40. The van der Waals surface area contributed by atoms with Crippen molar-refractivity contribution in [3.05, 3.63) is 51.7 Å². The number of carbonyl (C=O) groups is 1. The van der Waals surface area contributed by atoms with E-state index in [4.69, 9.17) is 0 Å². The minimum atomic E-state index is -3.81. The van der Waals surface area contributed by atoms with Crippen molar-refractivity contribution >= 4 is 26.8 Å². The molecule has 1 atom stereocenters. The predicted molar refractivity (Wildman–Crippen MR) is 128 cm³/mol. The van der Waals surface area contributed by atoms with E-state index in [1.165, 1.54) is 22.8 Å². The van der Waals surface area contributed by atoms with Crippen LogP contribution >= 0.6 is 0 Å². The van der Waals surface area contributed by atoms with E-state index in [0.717, 1.165) is 25.7 Å². The van der Waals surface area contributed by atoms with Gasteiger partial charge < -0.3 is 4.90 Å². The summed E-state index contributed by atoms with van der Waals surface area (Å²) in [6.45, 7) is 6.62. The molecule has 3 aliphatic rings. The predicted octanol–water partition coefficient (Wildman–Crippen LogP) is 1.75. The fourth-order valence-electron chi connectivity index (χ4n) is 4.90. The first-order valence-corrected chi connectivity index (χ1v) is 13.4. The van der Waals surface area contributed by atoms with Crippen molar-refractivity contribution in [1.29, 1.82) is 0 Å². The number of nitrogens with one attached hydrogen (secondary N) is 1. The van der Waals surface area contributed by atoms with E-state index in [-0.39, 0.29) is 22.7 Å². The zero-order valence-corrected chi connectivity index (χ0v) is 20.1. The Morgan fingerprint density at radius 3 is 2.59 bits per heavy atom. The van der Waals surface area contributed by atoms with E-state index in [9.17, 15) is 22.8 Å². The maximum Gasteiger partial charge on any atom is 0.331 e. The van der Waals surface area contributed by atoms with Crippen LogP contribution in [0.4, 0.5) is 0 Å². The second-order valence-electron chi connectivity index (χ2n) is 9.86. The van der Waals surface area contributed by atoms with Gasteiger partial charge in [0.1, 0.15) is 0 Å². The number of amides is 1. The Kier molecular flexibility index (Phi) is 5.55. The first-order valence-electron chi connectivity index (χ1n) is 11.9. The van der Waals surface area contributed by atoms with Crippen molar-refractivity contribution in [2.24, 2.45) is 5.92 Å². The van der Waals surface area contributed by atoms with Gasteiger partial charge in [-0.15, -0.1) is 0 Å². The van der Waals surface area contributed by atoms with Gasteiger partial charge in [0.05, 0.1) is 21.8 Å². The maximum absolute atomic E-state index is 13.6. The highest BCUT2D eigenvalue weighted by atomic mass is 32.2. The SMILES string of the molecule is C=CC(=O)N1CC[C@@H](n2c(=O)c3cc(S(=O)(=O)NC4(CC)CC4)ccc3n(CC3CC3)c2=O)C1. The Hall–Kier alpha value is -2.72. The van der Waals surface area contributed by atoms with Crippen LogP contribution in [0.1, 0.15) is 51.5 Å². The van der Waals surface area contributed by atoms with E-state index < -0.39 is 32.9 Å². The van der Waals surface area contributed by atoms with Crippen LogP contribution in [0.5, 0.6) is 0 Å². The Balaban J connectivity index is 1.62. The van der Waals surface area contributed by atoms with Crippen LogP contribution in [0.2, 0.25) is 0 Å². The van der Waals surface area contributed by atoms with Crippen LogP contribution in [0.3, 0.4) is 0 Å². The summed E-state index contributed by atoms with van der Waals surface area (Å²) in [6.07, 6.45) is 6.04. The number of benzene rings is 1. The molecule has 3 fully saturated rings. The summed E-state index contributed by atoms with van der Waals surface area (Å²) in [4.78, 5) is 40.7. The Labute approximate surface area is 198 Å². The standard InChI is InChI=1S/C24H30N4O5S/c1-3-21(29)26-12-9-17(15-26)28-22(30)19-13-18(34(32,33)25-24(4-2)10-11-24)7-8-20(19)27(23(28)31)14-16-5-6-16/h3,7-8,13,16-17,25H,1,4-6,9-12,14-15H2,2H3/t17-/m1/s1. The fourth-order valence-corrected chi connectivity index (χ4v) is 6.46. The lowest BCUT2D eigenvalue weighted by atomic mass is 10.2. The molecule has 2 aromatic rings. The van der Waals surface area contributed by atoms with E-state index in [0.29, 0.717) is 37.4 Å². The van der Waals surface area contributed by atoms with Crippen LogP contribution in [0.15, 0.2) is 45.3 Å². The van der Waals surface area contributed by atoms with Gasteiger partial charge in [-0.2, -0.15) is 0 Å². The molecule has 0 bridgehead atoms. The zero-order chi connectivity index (χ0) is 24.3. The molecule has 1 aromatic heterocycles. The monoisotopic (exact) mass is 486 g/mol. The minimum absolute atomic E-state index is 0.0230. The third kappa shape index (κ3) is 4.02. The number of fused-ring (bicyclic) bond motifs is 1. The zero-order valence-electron chi connectivity index (χ0n) is 19.3. The Morgan fingerprint density at radius 2 is 1.97 bits per heavy atom. The average molecular weight is 487 g/mol. The first kappa shape index (κ1) is 23.0. The van der Waals surface area contributed by atoms with Crippen LogP contribution in [0, 0.1) is 5.92 Å². The summed E-state index contributed by atoms with van der Waals surface area (Å²) in [5.74, 6) is 0.137. The lowest BCUT2D eigenvalue weighted by Gasteiger charge is -2.20. The van der Waals surface area contributed by atoms with Crippen molar-refractivity contribution in [2.45, 2.75) is 68.5 Å². The molecule has 9 nitrogen and oxygen atoms in total. The van der Waals surface area contributed by atoms with Crippen molar-refractivity contribution in [1.82, 2.24) is 18.8 Å². The van der Waals surface area contributed by atoms with Crippen molar-refractivity contribution in [3.8, 4) is 0 Å². The topological polar surface area (TPSA) is 110 Å². The van der Waals surface area contributed by atoms with Gasteiger partial charge in [0.15, 0.2) is 0 Å². The van der Waals surface area contributed by atoms with Gasteiger partial charge in [0.25, 0.3) is 5.56 Å². The van der Waals surface area contributed by atoms with Gasteiger partial charge in [-0.25, -0.2) is 17.9 Å². The molecule has 0 unspecified atom stereocenters. The van der Waals surface area contributed by atoms with Crippen molar-refractivity contribution in [2.75, 3.05) is 13.1 Å². The number of nitrogens with zero attached hydrogens (tertiary/aromatic N) is 3. The largest absolute Gasteiger partial charge is 0.337 e. The van der Waals surface area contributed by atoms with E-state index in [1.54, 1.807) is 15.5 Å². The summed E-state index contributed by atoms with van der Waals surface area (Å²) >= 11 is 0. The molecule has 1 amide bonds. The summed E-state index contributed by atoms with van der Waals surface area (Å²) in [7, 11) is -3.81. The van der Waals surface area contributed by atoms with E-state index in [1.807, 2.05) is 6.92 Å². The molecule has 34 heavy (non-hydrogen) atoms. The summed E-state index contributed by atoms with van der Waals surface area (Å²) in [5.41, 5.74) is -0.868. The van der Waals surface area contributed by atoms with Gasteiger partial charge in [0, 0.05) is 25.2 Å². The average Bonchev–Trinajstić information content (AvgIpc) is 3.74. The highest BCUT2D eigenvalue weighted by Gasteiger charge is 2.44. The van der Waals surface area contributed by atoms with Crippen LogP contribution in [0.25, 0.3) is 10.9 Å². The molecular weight excluding hydrogens is 456 g/mol. The minimum Gasteiger partial charge on any atom is -0.337 e. The lowest BCUT2D eigenvalue weighted by molar-refractivity contribution is -0.125. The normalized spacial score (nSPS) is 21.7. The quantitative estimate of drug-likeness (QED) is 0.572. The van der Waals surface area contributed by atoms with Crippen LogP contribution in [-0.2, 0) is 21.4 Å². The molecule has 2 saturated carbocycles. The first-order chi connectivity index (χ1) is 16.2. The molecule has 0 radical (unpaired) electrons. The lowest BCUT2D eigenvalue weighted by Crippen LogP contribution is -2.43. The molecule has 182 valence electrons. The van der Waals surface area contributed by atoms with Crippen molar-refractivity contribution < 1.29 is 13.2 Å². The van der Waals surface area contributed by atoms with Gasteiger partial charge >= 0.3 is 5.69 Å². The molecule has 2 heterocycles. The number of sulfonamides is 1. The molecule has 1 aromatic carbocycles. The number of hydrogen-bond acceptors (Lipinski definition) is 5. The fraction of sp³-hybridized carbons (Fsp3) is 0.542. The summed E-state index contributed by atoms with van der Waals surface area (Å²) in [6, 6.07) is 3.98. The van der Waals surface area contributed by atoms with Crippen LogP contribution in [-0.4, -0.2) is 47.0 Å². The third-order valence-electron chi connectivity index (χ3n) is 7.49. The van der Waals surface area contributed by atoms with E-state index in [2.05, 4.69) is 11.3 Å². The highest BCUT2D eigenvalue weighted by molar-refractivity contribution is 7.89. The number of hydrogen-bond donors (Lipinski definition) is 1.